The fraction of sp³-hybridized carbons (Fsp3) is 0.400. The van der Waals surface area contributed by atoms with E-state index in [1.54, 1.807) is 18.2 Å². The molecular weight excluding hydrogens is 272 g/mol. The monoisotopic (exact) mass is 290 g/mol. The molecule has 0 saturated carbocycles. The molecule has 0 bridgehead atoms. The first-order chi connectivity index (χ1) is 10.1. The van der Waals surface area contributed by atoms with Gasteiger partial charge in [-0.2, -0.15) is 4.98 Å². The number of aldehydes is 1. The average molecular weight is 290 g/mol. The molecular formula is C15H18N2O4. The Morgan fingerprint density at radius 1 is 1.29 bits per heavy atom. The van der Waals surface area contributed by atoms with Crippen molar-refractivity contribution in [3.8, 4) is 11.5 Å². The summed E-state index contributed by atoms with van der Waals surface area (Å²) in [5.74, 6) is 2.29. The lowest BCUT2D eigenvalue weighted by molar-refractivity contribution is 0.112. The zero-order valence-corrected chi connectivity index (χ0v) is 12.3. The Labute approximate surface area is 123 Å². The summed E-state index contributed by atoms with van der Waals surface area (Å²) < 4.78 is 16.2. The summed E-state index contributed by atoms with van der Waals surface area (Å²) in [6.45, 7) is 6.48. The molecule has 1 aromatic carbocycles. The van der Waals surface area contributed by atoms with Crippen LogP contribution in [-0.4, -0.2) is 23.0 Å². The van der Waals surface area contributed by atoms with E-state index < -0.39 is 0 Å². The van der Waals surface area contributed by atoms with E-state index in [1.807, 2.05) is 20.8 Å². The Bertz CT molecular complexity index is 607. The van der Waals surface area contributed by atoms with Crippen LogP contribution < -0.4 is 9.47 Å². The lowest BCUT2D eigenvalue weighted by atomic mass is 10.2. The van der Waals surface area contributed by atoms with Crippen molar-refractivity contribution in [2.75, 3.05) is 6.61 Å². The number of hydrogen-bond acceptors (Lipinski definition) is 6. The molecule has 6 nitrogen and oxygen atoms in total. The second-order valence-electron chi connectivity index (χ2n) is 4.75. The van der Waals surface area contributed by atoms with E-state index in [1.165, 1.54) is 0 Å². The van der Waals surface area contributed by atoms with E-state index in [-0.39, 0.29) is 12.5 Å². The van der Waals surface area contributed by atoms with Gasteiger partial charge in [-0.25, -0.2) is 0 Å². The molecule has 0 aliphatic heterocycles. The van der Waals surface area contributed by atoms with Gasteiger partial charge >= 0.3 is 0 Å². The molecule has 2 rings (SSSR count). The smallest absolute Gasteiger partial charge is 0.229 e. The van der Waals surface area contributed by atoms with Crippen LogP contribution in [0.15, 0.2) is 22.7 Å². The van der Waals surface area contributed by atoms with Crippen molar-refractivity contribution in [3.63, 3.8) is 0 Å². The molecule has 0 aliphatic carbocycles. The molecule has 0 aliphatic rings. The van der Waals surface area contributed by atoms with Crippen LogP contribution >= 0.6 is 0 Å². The summed E-state index contributed by atoms with van der Waals surface area (Å²) >= 11 is 0. The molecule has 0 radical (unpaired) electrons. The van der Waals surface area contributed by atoms with Crippen molar-refractivity contribution < 1.29 is 18.8 Å². The number of nitrogens with zero attached hydrogens (tertiary/aromatic N) is 2. The highest BCUT2D eigenvalue weighted by molar-refractivity contribution is 5.76. The summed E-state index contributed by atoms with van der Waals surface area (Å²) in [5, 5.41) is 3.85. The summed E-state index contributed by atoms with van der Waals surface area (Å²) in [6.07, 6.45) is 0.764. The fourth-order valence-electron chi connectivity index (χ4n) is 1.69. The number of carbonyl (C=O) groups excluding carboxylic acids is 1. The van der Waals surface area contributed by atoms with Crippen molar-refractivity contribution in [1.82, 2.24) is 10.1 Å². The van der Waals surface area contributed by atoms with Crippen LogP contribution in [0.4, 0.5) is 0 Å². The zero-order valence-electron chi connectivity index (χ0n) is 12.3. The maximum absolute atomic E-state index is 10.8. The summed E-state index contributed by atoms with van der Waals surface area (Å²) in [6, 6.07) is 5.00. The van der Waals surface area contributed by atoms with Gasteiger partial charge in [0.15, 0.2) is 18.1 Å². The van der Waals surface area contributed by atoms with Gasteiger partial charge in [-0.1, -0.05) is 19.0 Å². The second kappa shape index (κ2) is 6.88. The highest BCUT2D eigenvalue weighted by Crippen LogP contribution is 2.28. The SMILES string of the molecule is CCOc1cc(C=O)ccc1OCc1noc(C(C)C)n1. The van der Waals surface area contributed by atoms with Gasteiger partial charge in [0.1, 0.15) is 6.29 Å². The van der Waals surface area contributed by atoms with E-state index >= 15 is 0 Å². The number of aromatic nitrogens is 2. The van der Waals surface area contributed by atoms with Crippen molar-refractivity contribution >= 4 is 6.29 Å². The minimum atomic E-state index is 0.177. The first-order valence-electron chi connectivity index (χ1n) is 6.81. The molecule has 2 aromatic rings. The van der Waals surface area contributed by atoms with Crippen LogP contribution in [0.5, 0.6) is 11.5 Å². The lowest BCUT2D eigenvalue weighted by Crippen LogP contribution is -2.02. The molecule has 0 fully saturated rings. The lowest BCUT2D eigenvalue weighted by Gasteiger charge is -2.10. The standard InChI is InChI=1S/C15H18N2O4/c1-4-19-13-7-11(8-18)5-6-12(13)20-9-14-16-15(10(2)3)21-17-14/h5-8,10H,4,9H2,1-3H3. The third-order valence-electron chi connectivity index (χ3n) is 2.74. The maximum atomic E-state index is 10.8. The minimum absolute atomic E-state index is 0.177. The molecule has 0 spiro atoms. The molecule has 0 saturated heterocycles. The zero-order chi connectivity index (χ0) is 15.2. The Balaban J connectivity index is 2.09. The van der Waals surface area contributed by atoms with Crippen LogP contribution in [0, 0.1) is 0 Å². The maximum Gasteiger partial charge on any atom is 0.229 e. The normalized spacial score (nSPS) is 10.7. The number of carbonyl (C=O) groups is 1. The van der Waals surface area contributed by atoms with Gasteiger partial charge in [0.05, 0.1) is 6.61 Å². The topological polar surface area (TPSA) is 74.5 Å². The molecule has 0 N–H and O–H groups in total. The first-order valence-corrected chi connectivity index (χ1v) is 6.81. The highest BCUT2D eigenvalue weighted by Gasteiger charge is 2.12. The minimum Gasteiger partial charge on any atom is -0.490 e. The van der Waals surface area contributed by atoms with Crippen molar-refractivity contribution in [1.29, 1.82) is 0 Å². The van der Waals surface area contributed by atoms with Crippen LogP contribution in [-0.2, 0) is 6.61 Å². The van der Waals surface area contributed by atoms with Gasteiger partial charge in [-0.3, -0.25) is 4.79 Å². The van der Waals surface area contributed by atoms with Gasteiger partial charge < -0.3 is 14.0 Å². The van der Waals surface area contributed by atoms with Crippen molar-refractivity contribution in [2.45, 2.75) is 33.3 Å². The molecule has 112 valence electrons. The van der Waals surface area contributed by atoms with E-state index in [9.17, 15) is 4.79 Å². The van der Waals surface area contributed by atoms with E-state index in [4.69, 9.17) is 14.0 Å². The highest BCUT2D eigenvalue weighted by atomic mass is 16.5. The quantitative estimate of drug-likeness (QED) is 0.730. The molecule has 21 heavy (non-hydrogen) atoms. The summed E-state index contributed by atoms with van der Waals surface area (Å²) in [7, 11) is 0. The largest absolute Gasteiger partial charge is 0.490 e. The number of hydrogen-bond donors (Lipinski definition) is 0. The third kappa shape index (κ3) is 3.81. The van der Waals surface area contributed by atoms with E-state index in [0.717, 1.165) is 6.29 Å². The predicted octanol–water partition coefficient (Wildman–Crippen LogP) is 2.98. The third-order valence-corrected chi connectivity index (χ3v) is 2.74. The van der Waals surface area contributed by atoms with Gasteiger partial charge in [0.2, 0.25) is 11.7 Å². The van der Waals surface area contributed by atoms with Gasteiger partial charge in [0.25, 0.3) is 0 Å². The summed E-state index contributed by atoms with van der Waals surface area (Å²) in [5.41, 5.74) is 0.535. The van der Waals surface area contributed by atoms with Crippen LogP contribution in [0.3, 0.4) is 0 Å². The Kier molecular flexibility index (Phi) is 4.92. The first kappa shape index (κ1) is 15.0. The number of benzene rings is 1. The Morgan fingerprint density at radius 2 is 2.10 bits per heavy atom. The van der Waals surface area contributed by atoms with Crippen LogP contribution in [0.25, 0.3) is 0 Å². The second-order valence-corrected chi connectivity index (χ2v) is 4.75. The number of ether oxygens (including phenoxy) is 2. The average Bonchev–Trinajstić information content (AvgIpc) is 2.95. The molecule has 0 unspecified atom stereocenters. The molecule has 1 aromatic heterocycles. The van der Waals surface area contributed by atoms with Gasteiger partial charge in [-0.15, -0.1) is 0 Å². The van der Waals surface area contributed by atoms with Crippen LogP contribution in [0.2, 0.25) is 0 Å². The molecule has 6 heteroatoms. The van der Waals surface area contributed by atoms with E-state index in [2.05, 4.69) is 10.1 Å². The van der Waals surface area contributed by atoms with Gasteiger partial charge in [-0.05, 0) is 25.1 Å². The predicted molar refractivity (Wildman–Crippen MR) is 75.7 cm³/mol. The molecule has 0 amide bonds. The van der Waals surface area contributed by atoms with Crippen molar-refractivity contribution in [2.24, 2.45) is 0 Å². The molecule has 0 atom stereocenters. The van der Waals surface area contributed by atoms with Gasteiger partial charge in [0, 0.05) is 11.5 Å². The molecule has 1 heterocycles. The fourth-order valence-corrected chi connectivity index (χ4v) is 1.69. The van der Waals surface area contributed by atoms with Crippen molar-refractivity contribution in [3.05, 3.63) is 35.5 Å². The summed E-state index contributed by atoms with van der Waals surface area (Å²) in [4.78, 5) is 15.0. The Morgan fingerprint density at radius 3 is 2.71 bits per heavy atom. The van der Waals surface area contributed by atoms with Crippen LogP contribution in [0.1, 0.15) is 48.8 Å². The van der Waals surface area contributed by atoms with E-state index in [0.29, 0.717) is 35.4 Å². The number of rotatable bonds is 7. The Hall–Kier alpha value is -2.37.